The monoisotopic (exact) mass is 204 g/mol. The Morgan fingerprint density at radius 2 is 2.56 bits per heavy atom. The molecule has 4 heteroatoms. The number of nitrogens with zero attached hydrogens (tertiary/aromatic N) is 1. The summed E-state index contributed by atoms with van der Waals surface area (Å²) < 4.78 is 0.312. The van der Waals surface area contributed by atoms with Crippen LogP contribution in [0.1, 0.15) is 6.42 Å². The van der Waals surface area contributed by atoms with Crippen molar-refractivity contribution >= 4 is 27.7 Å². The number of allylic oxidation sites excluding steroid dienone is 1. The zero-order valence-corrected chi connectivity index (χ0v) is 7.00. The minimum absolute atomic E-state index is 0.312. The van der Waals surface area contributed by atoms with Crippen molar-refractivity contribution < 1.29 is 0 Å². The minimum atomic E-state index is 0.312. The van der Waals surface area contributed by atoms with E-state index in [2.05, 4.69) is 15.9 Å². The summed E-state index contributed by atoms with van der Waals surface area (Å²) in [6, 6.07) is 2.05. The van der Waals surface area contributed by atoms with Gasteiger partial charge in [0.05, 0.1) is 20.8 Å². The molecule has 0 aromatic heterocycles. The summed E-state index contributed by atoms with van der Waals surface area (Å²) >= 11 is 4.85. The van der Waals surface area contributed by atoms with E-state index in [1.54, 1.807) is 0 Å². The first kappa shape index (κ1) is 6.97. The van der Waals surface area contributed by atoms with Crippen LogP contribution in [-0.4, -0.2) is 4.16 Å². The molecule has 0 bridgehead atoms. The fourth-order valence-electron chi connectivity index (χ4n) is 0.612. The number of alkyl halides is 1. The van der Waals surface area contributed by atoms with E-state index in [4.69, 9.17) is 11.0 Å². The van der Waals surface area contributed by atoms with E-state index >= 15 is 0 Å². The van der Waals surface area contributed by atoms with Gasteiger partial charge < -0.3 is 5.73 Å². The van der Waals surface area contributed by atoms with Crippen LogP contribution in [0.4, 0.5) is 0 Å². The molecule has 0 spiro atoms. The summed E-state index contributed by atoms with van der Waals surface area (Å²) in [5.74, 6) is 0. The van der Waals surface area contributed by atoms with Gasteiger partial charge in [0.1, 0.15) is 0 Å². The van der Waals surface area contributed by atoms with Crippen LogP contribution < -0.4 is 5.73 Å². The lowest BCUT2D eigenvalue weighted by molar-refractivity contribution is 1.15. The Bertz CT molecular complexity index is 194. The van der Waals surface area contributed by atoms with Crippen molar-refractivity contribution in [2.45, 2.75) is 10.6 Å². The molecule has 0 aromatic rings. The second-order valence-electron chi connectivity index (χ2n) is 1.69. The molecule has 1 rings (SSSR count). The first-order valence-corrected chi connectivity index (χ1v) is 4.23. The fourth-order valence-corrected chi connectivity index (χ4v) is 2.34. The van der Waals surface area contributed by atoms with Crippen molar-refractivity contribution in [1.82, 2.24) is 0 Å². The summed E-state index contributed by atoms with van der Waals surface area (Å²) in [4.78, 5) is 0. The smallest absolute Gasteiger partial charge is 0.0975 e. The summed E-state index contributed by atoms with van der Waals surface area (Å²) in [6.45, 7) is 0. The third-order valence-electron chi connectivity index (χ3n) is 1.05. The highest BCUT2D eigenvalue weighted by molar-refractivity contribution is 9.11. The largest absolute Gasteiger partial charge is 0.393 e. The van der Waals surface area contributed by atoms with E-state index in [1.165, 1.54) is 11.8 Å². The number of rotatable bonds is 0. The molecule has 0 amide bonds. The van der Waals surface area contributed by atoms with Crippen LogP contribution >= 0.6 is 27.7 Å². The van der Waals surface area contributed by atoms with E-state index in [0.29, 0.717) is 14.8 Å². The first-order chi connectivity index (χ1) is 4.24. The van der Waals surface area contributed by atoms with Gasteiger partial charge in [0.2, 0.25) is 0 Å². The van der Waals surface area contributed by atoms with Gasteiger partial charge in [-0.15, -0.1) is 0 Å². The molecule has 0 saturated carbocycles. The number of halogens is 1. The Labute approximate surface area is 66.2 Å². The van der Waals surface area contributed by atoms with Crippen LogP contribution in [0.5, 0.6) is 0 Å². The van der Waals surface area contributed by atoms with Crippen LogP contribution in [-0.2, 0) is 0 Å². The molecule has 0 saturated heterocycles. The predicted molar refractivity (Wildman–Crippen MR) is 41.7 cm³/mol. The molecular weight excluding hydrogens is 200 g/mol. The van der Waals surface area contributed by atoms with Gasteiger partial charge in [-0.3, -0.25) is 0 Å². The predicted octanol–water partition coefficient (Wildman–Crippen LogP) is 1.54. The van der Waals surface area contributed by atoms with Crippen molar-refractivity contribution in [2.24, 2.45) is 5.73 Å². The molecule has 2 nitrogen and oxygen atoms in total. The number of nitrogens with two attached hydrogens (primary N) is 1. The Balaban J connectivity index is 2.73. The van der Waals surface area contributed by atoms with Crippen molar-refractivity contribution in [3.8, 4) is 6.07 Å². The third kappa shape index (κ3) is 1.41. The van der Waals surface area contributed by atoms with E-state index in [0.717, 1.165) is 6.42 Å². The average molecular weight is 205 g/mol. The topological polar surface area (TPSA) is 49.8 Å². The van der Waals surface area contributed by atoms with Gasteiger partial charge in [-0.25, -0.2) is 0 Å². The second-order valence-corrected chi connectivity index (χ2v) is 4.64. The highest BCUT2D eigenvalue weighted by Crippen LogP contribution is 2.37. The first-order valence-electron chi connectivity index (χ1n) is 2.43. The highest BCUT2D eigenvalue weighted by atomic mass is 79.9. The molecule has 0 radical (unpaired) electrons. The lowest BCUT2D eigenvalue weighted by Crippen LogP contribution is -1.90. The normalized spacial score (nSPS) is 26.4. The zero-order chi connectivity index (χ0) is 6.85. The molecule has 1 unspecified atom stereocenters. The van der Waals surface area contributed by atoms with Crippen molar-refractivity contribution in [3.63, 3.8) is 0 Å². The van der Waals surface area contributed by atoms with E-state index in [9.17, 15) is 0 Å². The van der Waals surface area contributed by atoms with Crippen LogP contribution in [0, 0.1) is 11.3 Å². The van der Waals surface area contributed by atoms with Crippen molar-refractivity contribution in [1.29, 1.82) is 5.26 Å². The van der Waals surface area contributed by atoms with Crippen molar-refractivity contribution in [3.05, 3.63) is 10.6 Å². The molecular formula is C5H5BrN2S. The lowest BCUT2D eigenvalue weighted by atomic mass is 10.2. The Morgan fingerprint density at radius 1 is 1.89 bits per heavy atom. The zero-order valence-electron chi connectivity index (χ0n) is 4.60. The summed E-state index contributed by atoms with van der Waals surface area (Å²) in [5.41, 5.74) is 6.18. The van der Waals surface area contributed by atoms with Gasteiger partial charge >= 0.3 is 0 Å². The van der Waals surface area contributed by atoms with E-state index in [1.807, 2.05) is 6.07 Å². The van der Waals surface area contributed by atoms with Gasteiger partial charge in [-0.1, -0.05) is 27.7 Å². The Kier molecular flexibility index (Phi) is 2.04. The number of nitriles is 1. The summed E-state index contributed by atoms with van der Waals surface area (Å²) in [7, 11) is 0. The molecule has 0 aromatic carbocycles. The molecule has 1 aliphatic rings. The van der Waals surface area contributed by atoms with Crippen LogP contribution in [0.25, 0.3) is 0 Å². The average Bonchev–Trinajstić information content (AvgIpc) is 2.10. The quantitative estimate of drug-likeness (QED) is 0.610. The number of hydrogen-bond donors (Lipinski definition) is 1. The van der Waals surface area contributed by atoms with Crippen molar-refractivity contribution in [2.75, 3.05) is 0 Å². The maximum Gasteiger partial charge on any atom is 0.0975 e. The number of hydrogen-bond acceptors (Lipinski definition) is 3. The van der Waals surface area contributed by atoms with Crippen LogP contribution in [0.2, 0.25) is 0 Å². The van der Waals surface area contributed by atoms with Gasteiger partial charge in [-0.2, -0.15) is 5.26 Å². The fraction of sp³-hybridized carbons (Fsp3) is 0.400. The summed E-state index contributed by atoms with van der Waals surface area (Å²) in [6.07, 6.45) is 0.757. The van der Waals surface area contributed by atoms with E-state index in [-0.39, 0.29) is 0 Å². The maximum atomic E-state index is 8.43. The lowest BCUT2D eigenvalue weighted by Gasteiger charge is -1.92. The minimum Gasteiger partial charge on any atom is -0.393 e. The van der Waals surface area contributed by atoms with Gasteiger partial charge in [-0.05, 0) is 0 Å². The molecule has 0 aliphatic carbocycles. The molecule has 1 heterocycles. The van der Waals surface area contributed by atoms with Gasteiger partial charge in [0.15, 0.2) is 0 Å². The Hall–Kier alpha value is -0.140. The summed E-state index contributed by atoms with van der Waals surface area (Å²) in [5, 5.41) is 9.10. The van der Waals surface area contributed by atoms with Crippen LogP contribution in [0.3, 0.4) is 0 Å². The standard InChI is InChI=1S/C5H5BrN2S/c6-4-1-3(2-7)5(8)9-4/h4H,1,8H2. The molecule has 48 valence electrons. The highest BCUT2D eigenvalue weighted by Gasteiger charge is 2.19. The maximum absolute atomic E-state index is 8.43. The van der Waals surface area contributed by atoms with Crippen LogP contribution in [0.15, 0.2) is 10.6 Å². The van der Waals surface area contributed by atoms with Gasteiger partial charge in [0, 0.05) is 6.42 Å². The van der Waals surface area contributed by atoms with Gasteiger partial charge in [0.25, 0.3) is 0 Å². The second kappa shape index (κ2) is 2.63. The molecule has 2 N–H and O–H groups in total. The molecule has 1 aliphatic heterocycles. The SMILES string of the molecule is N#CC1=C(N)SC(Br)C1. The molecule has 9 heavy (non-hydrogen) atoms. The number of thioether (sulfide) groups is 1. The third-order valence-corrected chi connectivity index (χ3v) is 2.86. The molecule has 1 atom stereocenters. The molecule has 0 fully saturated rings. The Morgan fingerprint density at radius 3 is 2.78 bits per heavy atom. The van der Waals surface area contributed by atoms with E-state index < -0.39 is 0 Å².